The smallest absolute Gasteiger partial charge is 0.272 e. The molecule has 4 rings (SSSR count). The Morgan fingerprint density at radius 2 is 1.94 bits per heavy atom. The van der Waals surface area contributed by atoms with Crippen LogP contribution in [0.5, 0.6) is 0 Å². The molecule has 4 N–H and O–H groups in total. The van der Waals surface area contributed by atoms with Crippen molar-refractivity contribution in [3.63, 3.8) is 0 Å². The summed E-state index contributed by atoms with van der Waals surface area (Å²) in [5.41, 5.74) is 2.72. The van der Waals surface area contributed by atoms with Gasteiger partial charge in [0.2, 0.25) is 11.7 Å². The Labute approximate surface area is 201 Å². The molecule has 2 heterocycles. The average molecular weight is 480 g/mol. The van der Waals surface area contributed by atoms with E-state index in [-0.39, 0.29) is 17.7 Å². The minimum absolute atomic E-state index is 0.00466. The summed E-state index contributed by atoms with van der Waals surface area (Å²) in [4.78, 5) is 29.0. The first-order valence-corrected chi connectivity index (χ1v) is 11.6. The van der Waals surface area contributed by atoms with E-state index in [1.807, 2.05) is 25.1 Å². The van der Waals surface area contributed by atoms with Gasteiger partial charge in [-0.05, 0) is 48.4 Å². The lowest BCUT2D eigenvalue weighted by molar-refractivity contribution is -0.120. The predicted molar refractivity (Wildman–Crippen MR) is 133 cm³/mol. The molecule has 2 amide bonds. The van der Waals surface area contributed by atoms with Crippen molar-refractivity contribution in [1.82, 2.24) is 25.6 Å². The van der Waals surface area contributed by atoms with Crippen LogP contribution >= 0.6 is 11.6 Å². The predicted octanol–water partition coefficient (Wildman–Crippen LogP) is 5.41. The van der Waals surface area contributed by atoms with Gasteiger partial charge in [0.1, 0.15) is 5.69 Å². The summed E-state index contributed by atoms with van der Waals surface area (Å²) >= 11 is 6.12. The molecule has 9 nitrogen and oxygen atoms in total. The molecule has 0 spiro atoms. The van der Waals surface area contributed by atoms with Gasteiger partial charge in [0.05, 0.1) is 16.9 Å². The van der Waals surface area contributed by atoms with Gasteiger partial charge in [-0.1, -0.05) is 50.4 Å². The van der Waals surface area contributed by atoms with Crippen molar-refractivity contribution in [2.24, 2.45) is 5.92 Å². The lowest BCUT2D eigenvalue weighted by Crippen LogP contribution is -2.22. The Bertz CT molecular complexity index is 1300. The molecule has 10 heteroatoms. The Kier molecular flexibility index (Phi) is 7.22. The zero-order valence-electron chi connectivity index (χ0n) is 19.0. The normalized spacial score (nSPS) is 12.0. The summed E-state index contributed by atoms with van der Waals surface area (Å²) in [7, 11) is 0. The van der Waals surface area contributed by atoms with E-state index in [1.165, 1.54) is 0 Å². The molecule has 0 radical (unpaired) electrons. The third-order valence-electron chi connectivity index (χ3n) is 5.74. The molecule has 0 aliphatic heterocycles. The summed E-state index contributed by atoms with van der Waals surface area (Å²) in [6.07, 6.45) is 3.71. The lowest BCUT2D eigenvalue weighted by atomic mass is 9.98. The van der Waals surface area contributed by atoms with E-state index in [1.54, 1.807) is 24.3 Å². The first-order chi connectivity index (χ1) is 16.5. The minimum Gasteiger partial charge on any atom is -0.349 e. The number of tetrazole rings is 1. The molecule has 0 aliphatic rings. The molecule has 0 saturated carbocycles. The van der Waals surface area contributed by atoms with Crippen molar-refractivity contribution in [3.8, 4) is 11.4 Å². The SMILES string of the molecule is CCCCC(CC)C(=O)Nc1cccc2cc(C(=O)Nc3ccc(Cl)cc3-c3nn[nH]n3)[nH]c12. The van der Waals surface area contributed by atoms with Crippen molar-refractivity contribution in [1.29, 1.82) is 0 Å². The highest BCUT2D eigenvalue weighted by atomic mass is 35.5. The quantitative estimate of drug-likeness (QED) is 0.255. The van der Waals surface area contributed by atoms with Gasteiger partial charge >= 0.3 is 0 Å². The molecule has 0 bridgehead atoms. The summed E-state index contributed by atoms with van der Waals surface area (Å²) in [5, 5.41) is 21.1. The van der Waals surface area contributed by atoms with Crippen LogP contribution in [0.3, 0.4) is 0 Å². The standard InChI is InChI=1S/C24H26ClN7O2/c1-3-5-7-14(4-2)23(33)28-19-9-6-8-15-12-20(26-21(15)19)24(34)27-18-11-10-16(25)13-17(18)22-29-31-32-30-22/h6,8-14,26H,3-5,7H2,1-2H3,(H,27,34)(H,28,33)(H,29,30,31,32). The Morgan fingerprint density at radius 3 is 2.68 bits per heavy atom. The number of rotatable bonds is 9. The number of hydrogen-bond acceptors (Lipinski definition) is 5. The van der Waals surface area contributed by atoms with Gasteiger partial charge in [0.25, 0.3) is 5.91 Å². The number of aromatic nitrogens is 5. The first-order valence-electron chi connectivity index (χ1n) is 11.3. The largest absolute Gasteiger partial charge is 0.349 e. The van der Waals surface area contributed by atoms with Gasteiger partial charge in [0, 0.05) is 21.9 Å². The maximum absolute atomic E-state index is 13.1. The number of anilines is 2. The van der Waals surface area contributed by atoms with Gasteiger partial charge in [0.15, 0.2) is 0 Å². The average Bonchev–Trinajstić information content (AvgIpc) is 3.51. The van der Waals surface area contributed by atoms with Crippen molar-refractivity contribution >= 4 is 45.7 Å². The van der Waals surface area contributed by atoms with E-state index in [0.717, 1.165) is 31.1 Å². The van der Waals surface area contributed by atoms with Crippen molar-refractivity contribution in [3.05, 3.63) is 53.2 Å². The Balaban J connectivity index is 1.57. The van der Waals surface area contributed by atoms with Crippen molar-refractivity contribution in [2.45, 2.75) is 39.5 Å². The topological polar surface area (TPSA) is 128 Å². The van der Waals surface area contributed by atoms with Gasteiger partial charge in [-0.15, -0.1) is 10.2 Å². The molecule has 0 saturated heterocycles. The maximum Gasteiger partial charge on any atom is 0.272 e. The molecule has 176 valence electrons. The number of amides is 2. The fraction of sp³-hybridized carbons (Fsp3) is 0.292. The van der Waals surface area contributed by atoms with E-state index >= 15 is 0 Å². The molecular formula is C24H26ClN7O2. The molecule has 34 heavy (non-hydrogen) atoms. The summed E-state index contributed by atoms with van der Waals surface area (Å²) in [5.74, 6) is -0.0840. The molecule has 2 aromatic heterocycles. The van der Waals surface area contributed by atoms with Gasteiger partial charge in [-0.3, -0.25) is 9.59 Å². The third-order valence-corrected chi connectivity index (χ3v) is 5.98. The lowest BCUT2D eigenvalue weighted by Gasteiger charge is -2.15. The number of fused-ring (bicyclic) bond motifs is 1. The van der Waals surface area contributed by atoms with Gasteiger partial charge in [-0.2, -0.15) is 5.21 Å². The second kappa shape index (κ2) is 10.5. The number of unbranched alkanes of at least 4 members (excludes halogenated alkanes) is 1. The second-order valence-electron chi connectivity index (χ2n) is 8.07. The number of H-pyrrole nitrogens is 2. The number of hydrogen-bond donors (Lipinski definition) is 4. The van der Waals surface area contributed by atoms with Gasteiger partial charge in [-0.25, -0.2) is 0 Å². The molecule has 0 aliphatic carbocycles. The molecule has 1 atom stereocenters. The number of nitrogens with zero attached hydrogens (tertiary/aromatic N) is 3. The van der Waals surface area contributed by atoms with E-state index in [4.69, 9.17) is 11.6 Å². The number of halogens is 1. The Morgan fingerprint density at radius 1 is 1.09 bits per heavy atom. The van der Waals surface area contributed by atoms with Crippen LogP contribution in [0, 0.1) is 5.92 Å². The minimum atomic E-state index is -0.352. The van der Waals surface area contributed by atoms with E-state index < -0.39 is 0 Å². The highest BCUT2D eigenvalue weighted by Gasteiger charge is 2.19. The van der Waals surface area contributed by atoms with Crippen LogP contribution in [0.1, 0.15) is 50.0 Å². The zero-order valence-corrected chi connectivity index (χ0v) is 19.7. The van der Waals surface area contributed by atoms with E-state index in [9.17, 15) is 9.59 Å². The first kappa shape index (κ1) is 23.4. The fourth-order valence-corrected chi connectivity index (χ4v) is 4.04. The van der Waals surface area contributed by atoms with Crippen LogP contribution in [-0.4, -0.2) is 37.4 Å². The number of nitrogens with one attached hydrogen (secondary N) is 4. The Hall–Kier alpha value is -3.72. The maximum atomic E-state index is 13.1. The molecule has 2 aromatic carbocycles. The van der Waals surface area contributed by atoms with Crippen LogP contribution in [0.15, 0.2) is 42.5 Å². The fourth-order valence-electron chi connectivity index (χ4n) is 3.86. The highest BCUT2D eigenvalue weighted by Crippen LogP contribution is 2.30. The third kappa shape index (κ3) is 5.09. The zero-order chi connectivity index (χ0) is 24.1. The number of aromatic amines is 2. The van der Waals surface area contributed by atoms with E-state index in [0.29, 0.717) is 39.0 Å². The van der Waals surface area contributed by atoms with Crippen LogP contribution in [0.25, 0.3) is 22.3 Å². The summed E-state index contributed by atoms with van der Waals surface area (Å²) in [6, 6.07) is 12.3. The van der Waals surface area contributed by atoms with Crippen LogP contribution in [0.2, 0.25) is 5.02 Å². The number of benzene rings is 2. The highest BCUT2D eigenvalue weighted by molar-refractivity contribution is 6.31. The second-order valence-corrected chi connectivity index (χ2v) is 8.51. The molecule has 4 aromatic rings. The van der Waals surface area contributed by atoms with Crippen LogP contribution in [0.4, 0.5) is 11.4 Å². The van der Waals surface area contributed by atoms with Crippen LogP contribution in [-0.2, 0) is 4.79 Å². The number of carbonyl (C=O) groups is 2. The van der Waals surface area contributed by atoms with Gasteiger partial charge < -0.3 is 15.6 Å². The van der Waals surface area contributed by atoms with Crippen molar-refractivity contribution < 1.29 is 9.59 Å². The molecular weight excluding hydrogens is 454 g/mol. The van der Waals surface area contributed by atoms with E-state index in [2.05, 4.69) is 43.2 Å². The summed E-state index contributed by atoms with van der Waals surface area (Å²) in [6.45, 7) is 4.14. The monoisotopic (exact) mass is 479 g/mol. The molecule has 0 fully saturated rings. The van der Waals surface area contributed by atoms with Crippen molar-refractivity contribution in [2.75, 3.05) is 10.6 Å². The summed E-state index contributed by atoms with van der Waals surface area (Å²) < 4.78 is 0. The number of para-hydroxylation sites is 1. The number of carbonyl (C=O) groups excluding carboxylic acids is 2. The van der Waals surface area contributed by atoms with Crippen LogP contribution < -0.4 is 10.6 Å². The molecule has 1 unspecified atom stereocenters.